The van der Waals surface area contributed by atoms with Gasteiger partial charge in [0, 0.05) is 25.7 Å². The summed E-state index contributed by atoms with van der Waals surface area (Å²) in [6, 6.07) is 11.6. The van der Waals surface area contributed by atoms with Crippen molar-refractivity contribution in [3.63, 3.8) is 0 Å². The third-order valence-corrected chi connectivity index (χ3v) is 6.17. The second kappa shape index (κ2) is 6.92. The van der Waals surface area contributed by atoms with Crippen molar-refractivity contribution >= 4 is 0 Å². The molecule has 0 bridgehead atoms. The van der Waals surface area contributed by atoms with Crippen LogP contribution in [0.5, 0.6) is 0 Å². The second-order valence-electron chi connectivity index (χ2n) is 7.67. The van der Waals surface area contributed by atoms with E-state index in [9.17, 15) is 0 Å². The van der Waals surface area contributed by atoms with Crippen molar-refractivity contribution < 1.29 is 4.74 Å². The lowest BCUT2D eigenvalue weighted by Crippen LogP contribution is -2.45. The summed E-state index contributed by atoms with van der Waals surface area (Å²) in [5.41, 5.74) is 1.66. The normalized spacial score (nSPS) is 28.6. The molecule has 3 aliphatic rings. The Morgan fingerprint density at radius 1 is 1.00 bits per heavy atom. The molecule has 0 radical (unpaired) electrons. The largest absolute Gasteiger partial charge is 0.373 e. The van der Waals surface area contributed by atoms with E-state index in [0.717, 1.165) is 6.61 Å². The van der Waals surface area contributed by atoms with Gasteiger partial charge in [0.25, 0.3) is 0 Å². The van der Waals surface area contributed by atoms with Crippen molar-refractivity contribution in [1.82, 2.24) is 9.80 Å². The summed E-state index contributed by atoms with van der Waals surface area (Å²) < 4.78 is 6.35. The molecule has 4 rings (SSSR count). The molecule has 0 amide bonds. The zero-order valence-electron chi connectivity index (χ0n) is 14.3. The van der Waals surface area contributed by atoms with Crippen LogP contribution in [-0.2, 0) is 11.2 Å². The maximum Gasteiger partial charge on any atom is 0.0723 e. The van der Waals surface area contributed by atoms with Crippen molar-refractivity contribution in [2.45, 2.75) is 50.2 Å². The van der Waals surface area contributed by atoms with E-state index in [-0.39, 0.29) is 5.60 Å². The number of hydrogen-bond acceptors (Lipinski definition) is 3. The lowest BCUT2D eigenvalue weighted by Gasteiger charge is -2.39. The van der Waals surface area contributed by atoms with Crippen LogP contribution in [-0.4, -0.2) is 60.8 Å². The van der Waals surface area contributed by atoms with Crippen LogP contribution in [0.15, 0.2) is 30.3 Å². The third-order valence-electron chi connectivity index (χ3n) is 6.17. The Labute approximate surface area is 140 Å². The standard InChI is InChI=1S/C20H30N2O/c1-2-6-18(7-3-1)8-13-21-14-9-20(10-15-21)16-19(17-23-20)22-11-4-5-12-22/h1-3,6-7,19H,4-5,8-17H2/t19-/m0/s1. The molecule has 0 saturated carbocycles. The highest BCUT2D eigenvalue weighted by Gasteiger charge is 2.44. The van der Waals surface area contributed by atoms with Crippen molar-refractivity contribution in [1.29, 1.82) is 0 Å². The van der Waals surface area contributed by atoms with Crippen molar-refractivity contribution in [3.05, 3.63) is 35.9 Å². The summed E-state index contributed by atoms with van der Waals surface area (Å²) in [6.07, 6.45) is 7.68. The van der Waals surface area contributed by atoms with Gasteiger partial charge >= 0.3 is 0 Å². The summed E-state index contributed by atoms with van der Waals surface area (Å²) >= 11 is 0. The number of piperidine rings is 1. The minimum absolute atomic E-state index is 0.205. The van der Waals surface area contributed by atoms with Crippen LogP contribution in [0, 0.1) is 0 Å². The molecule has 1 atom stereocenters. The molecule has 3 fully saturated rings. The number of rotatable bonds is 4. The first kappa shape index (κ1) is 15.6. The van der Waals surface area contributed by atoms with Crippen LogP contribution < -0.4 is 0 Å². The molecule has 23 heavy (non-hydrogen) atoms. The molecule has 0 N–H and O–H groups in total. The fourth-order valence-corrected chi connectivity index (χ4v) is 4.63. The maximum absolute atomic E-state index is 6.35. The van der Waals surface area contributed by atoms with Gasteiger partial charge in [-0.25, -0.2) is 0 Å². The predicted octanol–water partition coefficient (Wildman–Crippen LogP) is 2.95. The van der Waals surface area contributed by atoms with Crippen LogP contribution >= 0.6 is 0 Å². The first-order chi connectivity index (χ1) is 11.3. The highest BCUT2D eigenvalue weighted by Crippen LogP contribution is 2.38. The van der Waals surface area contributed by atoms with Crippen LogP contribution in [0.4, 0.5) is 0 Å². The molecule has 3 aliphatic heterocycles. The highest BCUT2D eigenvalue weighted by molar-refractivity contribution is 5.15. The fourth-order valence-electron chi connectivity index (χ4n) is 4.63. The van der Waals surface area contributed by atoms with Gasteiger partial charge in [-0.2, -0.15) is 0 Å². The molecule has 0 aromatic heterocycles. The van der Waals surface area contributed by atoms with E-state index in [1.807, 2.05) is 0 Å². The van der Waals surface area contributed by atoms with Crippen molar-refractivity contribution in [2.24, 2.45) is 0 Å². The molecule has 1 spiro atoms. The molecule has 1 aromatic carbocycles. The Balaban J connectivity index is 1.24. The van der Waals surface area contributed by atoms with Crippen LogP contribution in [0.2, 0.25) is 0 Å². The molecule has 3 saturated heterocycles. The molecule has 3 nitrogen and oxygen atoms in total. The predicted molar refractivity (Wildman–Crippen MR) is 93.7 cm³/mol. The zero-order chi connectivity index (χ0) is 15.5. The quantitative estimate of drug-likeness (QED) is 0.850. The van der Waals surface area contributed by atoms with Gasteiger partial charge in [0.1, 0.15) is 0 Å². The highest BCUT2D eigenvalue weighted by atomic mass is 16.5. The van der Waals surface area contributed by atoms with E-state index < -0.39 is 0 Å². The molecular weight excluding hydrogens is 284 g/mol. The summed E-state index contributed by atoms with van der Waals surface area (Å²) in [6.45, 7) is 7.18. The minimum Gasteiger partial charge on any atom is -0.373 e. The van der Waals surface area contributed by atoms with E-state index >= 15 is 0 Å². The lowest BCUT2D eigenvalue weighted by atomic mass is 9.87. The monoisotopic (exact) mass is 314 g/mol. The Morgan fingerprint density at radius 2 is 1.74 bits per heavy atom. The molecule has 0 aliphatic carbocycles. The Morgan fingerprint density at radius 3 is 2.48 bits per heavy atom. The third kappa shape index (κ3) is 3.62. The Hall–Kier alpha value is -0.900. The van der Waals surface area contributed by atoms with Gasteiger partial charge in [-0.15, -0.1) is 0 Å². The summed E-state index contributed by atoms with van der Waals surface area (Å²) in [5, 5.41) is 0. The lowest BCUT2D eigenvalue weighted by molar-refractivity contribution is -0.0435. The number of benzene rings is 1. The average Bonchev–Trinajstić information content (AvgIpc) is 3.26. The SMILES string of the molecule is c1ccc(CCN2CCC3(CC2)C[C@H](N2CCCC2)CO3)cc1. The van der Waals surface area contributed by atoms with E-state index in [1.165, 1.54) is 76.8 Å². The molecular formula is C20H30N2O. The summed E-state index contributed by atoms with van der Waals surface area (Å²) in [5.74, 6) is 0. The van der Waals surface area contributed by atoms with Gasteiger partial charge < -0.3 is 9.64 Å². The van der Waals surface area contributed by atoms with Gasteiger partial charge in [-0.3, -0.25) is 4.90 Å². The molecule has 126 valence electrons. The van der Waals surface area contributed by atoms with E-state index in [0.29, 0.717) is 6.04 Å². The van der Waals surface area contributed by atoms with Gasteiger partial charge in [-0.1, -0.05) is 30.3 Å². The maximum atomic E-state index is 6.35. The molecule has 3 heterocycles. The van der Waals surface area contributed by atoms with Crippen LogP contribution in [0.25, 0.3) is 0 Å². The second-order valence-corrected chi connectivity index (χ2v) is 7.67. The van der Waals surface area contributed by atoms with Crippen molar-refractivity contribution in [3.8, 4) is 0 Å². The average molecular weight is 314 g/mol. The number of nitrogens with zero attached hydrogens (tertiary/aromatic N) is 2. The van der Waals surface area contributed by atoms with E-state index in [2.05, 4.69) is 40.1 Å². The number of likely N-dealkylation sites (tertiary alicyclic amines) is 2. The topological polar surface area (TPSA) is 15.7 Å². The first-order valence-corrected chi connectivity index (χ1v) is 9.47. The smallest absolute Gasteiger partial charge is 0.0723 e. The Bertz CT molecular complexity index is 490. The molecule has 1 aromatic rings. The number of ether oxygens (including phenoxy) is 1. The van der Waals surface area contributed by atoms with Gasteiger partial charge in [0.05, 0.1) is 12.2 Å². The molecule has 3 heteroatoms. The van der Waals surface area contributed by atoms with E-state index in [4.69, 9.17) is 4.74 Å². The fraction of sp³-hybridized carbons (Fsp3) is 0.700. The van der Waals surface area contributed by atoms with Crippen molar-refractivity contribution in [2.75, 3.05) is 39.3 Å². The minimum atomic E-state index is 0.205. The van der Waals surface area contributed by atoms with Gasteiger partial charge in [0.15, 0.2) is 0 Å². The summed E-state index contributed by atoms with van der Waals surface area (Å²) in [7, 11) is 0. The number of hydrogen-bond donors (Lipinski definition) is 0. The summed E-state index contributed by atoms with van der Waals surface area (Å²) in [4.78, 5) is 5.31. The Kier molecular flexibility index (Phi) is 4.70. The van der Waals surface area contributed by atoms with Crippen LogP contribution in [0.3, 0.4) is 0 Å². The first-order valence-electron chi connectivity index (χ1n) is 9.47. The van der Waals surface area contributed by atoms with Gasteiger partial charge in [-0.05, 0) is 57.2 Å². The van der Waals surface area contributed by atoms with Gasteiger partial charge in [0.2, 0.25) is 0 Å². The molecule has 0 unspecified atom stereocenters. The van der Waals surface area contributed by atoms with Crippen LogP contribution in [0.1, 0.15) is 37.7 Å². The van der Waals surface area contributed by atoms with E-state index in [1.54, 1.807) is 0 Å². The zero-order valence-corrected chi connectivity index (χ0v) is 14.3.